The van der Waals surface area contributed by atoms with E-state index in [0.717, 1.165) is 26.2 Å². The molecule has 2 aliphatic rings. The van der Waals surface area contributed by atoms with Crippen molar-refractivity contribution in [2.24, 2.45) is 5.92 Å². The summed E-state index contributed by atoms with van der Waals surface area (Å²) in [4.78, 5) is 17.1. The fourth-order valence-corrected chi connectivity index (χ4v) is 4.75. The maximum absolute atomic E-state index is 12.4. The zero-order valence-electron chi connectivity index (χ0n) is 16.6. The minimum Gasteiger partial charge on any atom is -0.378 e. The van der Waals surface area contributed by atoms with Crippen LogP contribution in [-0.2, 0) is 13.1 Å². The van der Waals surface area contributed by atoms with Gasteiger partial charge in [-0.25, -0.2) is 0 Å². The zero-order valence-corrected chi connectivity index (χ0v) is 16.6. The number of pyridine rings is 1. The number of fused-ring (bicyclic) bond motifs is 4. The Hall–Kier alpha value is -2.33. The molecule has 1 aromatic carbocycles. The second-order valence-electron chi connectivity index (χ2n) is 8.18. The minimum atomic E-state index is 0.153. The van der Waals surface area contributed by atoms with E-state index >= 15 is 0 Å². The Morgan fingerprint density at radius 2 is 1.85 bits per heavy atom. The molecule has 0 N–H and O–H groups in total. The molecule has 4 rings (SSSR count). The summed E-state index contributed by atoms with van der Waals surface area (Å²) in [5, 5.41) is 0. The first-order chi connectivity index (χ1) is 13.0. The van der Waals surface area contributed by atoms with Gasteiger partial charge >= 0.3 is 0 Å². The van der Waals surface area contributed by atoms with E-state index in [9.17, 15) is 4.79 Å². The molecule has 4 nitrogen and oxygen atoms in total. The zero-order chi connectivity index (χ0) is 19.0. The maximum Gasteiger partial charge on any atom is 0.250 e. The quantitative estimate of drug-likeness (QED) is 0.831. The Morgan fingerprint density at radius 1 is 1.07 bits per heavy atom. The van der Waals surface area contributed by atoms with Crippen LogP contribution in [0.2, 0.25) is 0 Å². The SMILES string of the molecule is C/C=C/c1ccc(=O)n2c1[C@@H]1C[C@@H](CN(Cc3ccc(N(C)C)cc3)C1)C2. The second-order valence-corrected chi connectivity index (χ2v) is 8.18. The molecular weight excluding hydrogens is 334 g/mol. The van der Waals surface area contributed by atoms with Crippen molar-refractivity contribution < 1.29 is 0 Å². The number of piperidine rings is 1. The molecule has 0 spiro atoms. The van der Waals surface area contributed by atoms with E-state index in [-0.39, 0.29) is 5.56 Å². The Labute approximate surface area is 161 Å². The molecule has 142 valence electrons. The van der Waals surface area contributed by atoms with Crippen LogP contribution in [0.1, 0.15) is 36.1 Å². The van der Waals surface area contributed by atoms with E-state index in [2.05, 4.69) is 60.3 Å². The molecule has 3 heterocycles. The molecule has 1 fully saturated rings. The van der Waals surface area contributed by atoms with Crippen LogP contribution in [0.3, 0.4) is 0 Å². The molecule has 27 heavy (non-hydrogen) atoms. The fourth-order valence-electron chi connectivity index (χ4n) is 4.75. The van der Waals surface area contributed by atoms with Crippen molar-refractivity contribution in [2.75, 3.05) is 32.1 Å². The van der Waals surface area contributed by atoms with Crippen LogP contribution < -0.4 is 10.5 Å². The maximum atomic E-state index is 12.4. The third-order valence-electron chi connectivity index (χ3n) is 5.90. The number of anilines is 1. The summed E-state index contributed by atoms with van der Waals surface area (Å²) in [6, 6.07) is 12.6. The van der Waals surface area contributed by atoms with Gasteiger partial charge in [-0.2, -0.15) is 0 Å². The first-order valence-electron chi connectivity index (χ1n) is 9.90. The fraction of sp³-hybridized carbons (Fsp3) is 0.435. The normalized spacial score (nSPS) is 22.0. The number of hydrogen-bond donors (Lipinski definition) is 0. The average Bonchev–Trinajstić information content (AvgIpc) is 2.64. The Balaban J connectivity index is 1.57. The predicted octanol–water partition coefficient (Wildman–Crippen LogP) is 3.57. The molecule has 0 saturated carbocycles. The summed E-state index contributed by atoms with van der Waals surface area (Å²) in [5.74, 6) is 1.01. The number of aromatic nitrogens is 1. The van der Waals surface area contributed by atoms with Gasteiger partial charge in [-0.1, -0.05) is 24.3 Å². The smallest absolute Gasteiger partial charge is 0.250 e. The average molecular weight is 364 g/mol. The van der Waals surface area contributed by atoms with Crippen LogP contribution in [0.25, 0.3) is 6.08 Å². The highest BCUT2D eigenvalue weighted by molar-refractivity contribution is 5.53. The van der Waals surface area contributed by atoms with Gasteiger partial charge < -0.3 is 9.47 Å². The molecule has 0 radical (unpaired) electrons. The van der Waals surface area contributed by atoms with Gasteiger partial charge in [0.2, 0.25) is 0 Å². The topological polar surface area (TPSA) is 28.5 Å². The molecule has 2 bridgehead atoms. The Morgan fingerprint density at radius 3 is 2.56 bits per heavy atom. The summed E-state index contributed by atoms with van der Waals surface area (Å²) in [7, 11) is 4.14. The van der Waals surface area contributed by atoms with Gasteiger partial charge in [0.25, 0.3) is 5.56 Å². The lowest BCUT2D eigenvalue weighted by molar-refractivity contribution is 0.114. The highest BCUT2D eigenvalue weighted by atomic mass is 16.1. The molecular formula is C23H29N3O. The largest absolute Gasteiger partial charge is 0.378 e. The predicted molar refractivity (Wildman–Crippen MR) is 112 cm³/mol. The van der Waals surface area contributed by atoms with Crippen molar-refractivity contribution in [3.8, 4) is 0 Å². The van der Waals surface area contributed by atoms with E-state index in [1.54, 1.807) is 6.07 Å². The lowest BCUT2D eigenvalue weighted by Gasteiger charge is -2.43. The summed E-state index contributed by atoms with van der Waals surface area (Å²) < 4.78 is 2.04. The number of rotatable bonds is 4. The van der Waals surface area contributed by atoms with Gasteiger partial charge in [0.1, 0.15) is 0 Å². The summed E-state index contributed by atoms with van der Waals surface area (Å²) in [5.41, 5.74) is 5.20. The second kappa shape index (κ2) is 7.35. The monoisotopic (exact) mass is 363 g/mol. The lowest BCUT2D eigenvalue weighted by Crippen LogP contribution is -2.47. The van der Waals surface area contributed by atoms with Crippen LogP contribution in [0, 0.1) is 5.92 Å². The van der Waals surface area contributed by atoms with Crippen molar-refractivity contribution in [2.45, 2.75) is 32.4 Å². The van der Waals surface area contributed by atoms with Gasteiger partial charge in [0.05, 0.1) is 0 Å². The molecule has 1 aromatic heterocycles. The van der Waals surface area contributed by atoms with Crippen molar-refractivity contribution in [3.05, 3.63) is 69.6 Å². The molecule has 2 aromatic rings. The molecule has 2 atom stereocenters. The van der Waals surface area contributed by atoms with Crippen LogP contribution in [0.4, 0.5) is 5.69 Å². The number of nitrogens with zero attached hydrogens (tertiary/aromatic N) is 3. The van der Waals surface area contributed by atoms with Gasteiger partial charge in [0, 0.05) is 63.6 Å². The van der Waals surface area contributed by atoms with Crippen LogP contribution in [0.15, 0.2) is 47.3 Å². The summed E-state index contributed by atoms with van der Waals surface area (Å²) in [6.45, 7) is 5.98. The van der Waals surface area contributed by atoms with E-state index in [1.807, 2.05) is 17.6 Å². The molecule has 0 aliphatic carbocycles. The van der Waals surface area contributed by atoms with Crippen LogP contribution in [-0.4, -0.2) is 36.7 Å². The van der Waals surface area contributed by atoms with Crippen molar-refractivity contribution in [1.82, 2.24) is 9.47 Å². The van der Waals surface area contributed by atoms with E-state index in [1.165, 1.54) is 28.9 Å². The molecule has 0 unspecified atom stereocenters. The van der Waals surface area contributed by atoms with Crippen LogP contribution >= 0.6 is 0 Å². The minimum absolute atomic E-state index is 0.153. The van der Waals surface area contributed by atoms with Crippen LogP contribution in [0.5, 0.6) is 0 Å². The molecule has 0 amide bonds. The van der Waals surface area contributed by atoms with Crippen molar-refractivity contribution in [1.29, 1.82) is 0 Å². The standard InChI is InChI=1S/C23H29N3O/c1-4-5-19-8-11-22(27)26-15-18-12-20(23(19)26)16-25(14-18)13-17-6-9-21(10-7-17)24(2)3/h4-11,18,20H,12-16H2,1-3H3/b5-4+/t18-,20+/m0/s1. The lowest BCUT2D eigenvalue weighted by atomic mass is 9.81. The number of benzene rings is 1. The van der Waals surface area contributed by atoms with Gasteiger partial charge in [-0.15, -0.1) is 0 Å². The van der Waals surface area contributed by atoms with E-state index < -0.39 is 0 Å². The van der Waals surface area contributed by atoms with Crippen molar-refractivity contribution in [3.63, 3.8) is 0 Å². The van der Waals surface area contributed by atoms with E-state index in [4.69, 9.17) is 0 Å². The van der Waals surface area contributed by atoms with Crippen molar-refractivity contribution >= 4 is 11.8 Å². The van der Waals surface area contributed by atoms with Gasteiger partial charge in [-0.05, 0) is 48.6 Å². The molecule has 2 aliphatic heterocycles. The Kier molecular flexibility index (Phi) is 4.92. The van der Waals surface area contributed by atoms with Gasteiger partial charge in [-0.3, -0.25) is 9.69 Å². The number of likely N-dealkylation sites (tertiary alicyclic amines) is 1. The third-order valence-corrected chi connectivity index (χ3v) is 5.90. The molecule has 4 heteroatoms. The Bertz CT molecular complexity index is 895. The number of hydrogen-bond acceptors (Lipinski definition) is 3. The first-order valence-corrected chi connectivity index (χ1v) is 9.90. The highest BCUT2D eigenvalue weighted by Crippen LogP contribution is 2.37. The number of allylic oxidation sites excluding steroid dienone is 1. The summed E-state index contributed by atoms with van der Waals surface area (Å²) in [6.07, 6.45) is 5.41. The summed E-state index contributed by atoms with van der Waals surface area (Å²) >= 11 is 0. The molecule has 1 saturated heterocycles. The third kappa shape index (κ3) is 3.59. The van der Waals surface area contributed by atoms with Gasteiger partial charge in [0.15, 0.2) is 0 Å². The van der Waals surface area contributed by atoms with E-state index in [0.29, 0.717) is 11.8 Å². The first kappa shape index (κ1) is 18.1. The highest BCUT2D eigenvalue weighted by Gasteiger charge is 2.35.